The fraction of sp³-hybridized carbons (Fsp3) is 0.667. The van der Waals surface area contributed by atoms with Crippen molar-refractivity contribution in [2.45, 2.75) is 142 Å². The summed E-state index contributed by atoms with van der Waals surface area (Å²) in [7, 11) is -3.59. The van der Waals surface area contributed by atoms with Gasteiger partial charge in [0, 0.05) is 0 Å². The van der Waals surface area contributed by atoms with Crippen LogP contribution in [0.1, 0.15) is 142 Å². The molecule has 0 amide bonds. The zero-order valence-electron chi connectivity index (χ0n) is 27.8. The molecule has 2 rings (SSSR count). The quantitative estimate of drug-likeness (QED) is 0.0703. The topological polar surface area (TPSA) is 77.4 Å². The highest BCUT2D eigenvalue weighted by Gasteiger charge is 2.10. The third kappa shape index (κ3) is 27.1. The van der Waals surface area contributed by atoms with Crippen LogP contribution in [-0.4, -0.2) is 23.0 Å². The van der Waals surface area contributed by atoms with Crippen molar-refractivity contribution < 1.29 is 27.9 Å². The lowest BCUT2D eigenvalue weighted by Crippen LogP contribution is -1.95. The summed E-state index contributed by atoms with van der Waals surface area (Å²) in [5.74, 6) is 1.18. The van der Waals surface area contributed by atoms with Crippen molar-refractivity contribution in [3.8, 4) is 11.5 Å². The SMILES string of the molecule is CCCCCCCCCCCCOP(O)OCCCCCCCCCCCC.OP(Oc1ccccc1)Oc1ccccc1. The Morgan fingerprint density at radius 2 is 0.705 bits per heavy atom. The first-order valence-corrected chi connectivity index (χ1v) is 19.6. The molecule has 8 heteroatoms. The number of hydrogen-bond donors (Lipinski definition) is 2. The Kier molecular flexibility index (Phi) is 29.4. The largest absolute Gasteiger partial charge is 0.460 e. The van der Waals surface area contributed by atoms with Gasteiger partial charge in [0.15, 0.2) is 0 Å². The van der Waals surface area contributed by atoms with Crippen molar-refractivity contribution in [2.24, 2.45) is 0 Å². The highest BCUT2D eigenvalue weighted by molar-refractivity contribution is 7.41. The molecular formula is C36H62O6P2. The molecule has 0 aliphatic heterocycles. The Bertz CT molecular complexity index is 762. The molecule has 0 saturated heterocycles. The molecule has 0 aliphatic carbocycles. The Labute approximate surface area is 272 Å². The standard InChI is InChI=1S/C24H51O3P.C12H11O3P/c1-3-5-7-9-11-13-15-17-19-21-23-26-28(25)27-24-22-20-18-16-14-12-10-8-6-4-2;13-16(14-11-7-3-1-4-8-11)15-12-9-5-2-6-10-12/h25H,3-24H2,1-2H3;1-10,13H. The van der Waals surface area contributed by atoms with Crippen LogP contribution < -0.4 is 9.05 Å². The molecule has 0 radical (unpaired) electrons. The van der Waals surface area contributed by atoms with Crippen LogP contribution >= 0.6 is 17.2 Å². The van der Waals surface area contributed by atoms with Crippen LogP contribution in [0.15, 0.2) is 60.7 Å². The van der Waals surface area contributed by atoms with E-state index in [1.54, 1.807) is 24.3 Å². The summed E-state index contributed by atoms with van der Waals surface area (Å²) in [6, 6.07) is 18.2. The van der Waals surface area contributed by atoms with E-state index in [4.69, 9.17) is 18.1 Å². The third-order valence-corrected chi connectivity index (χ3v) is 8.79. The van der Waals surface area contributed by atoms with Crippen LogP contribution in [0.5, 0.6) is 11.5 Å². The van der Waals surface area contributed by atoms with Crippen LogP contribution in [0.2, 0.25) is 0 Å². The van der Waals surface area contributed by atoms with Crippen LogP contribution in [0.3, 0.4) is 0 Å². The Morgan fingerprint density at radius 1 is 0.409 bits per heavy atom. The van der Waals surface area contributed by atoms with Crippen LogP contribution in [0.4, 0.5) is 0 Å². The van der Waals surface area contributed by atoms with Gasteiger partial charge in [0.25, 0.3) is 0 Å². The zero-order chi connectivity index (χ0) is 31.8. The average Bonchev–Trinajstić information content (AvgIpc) is 3.03. The average molecular weight is 653 g/mol. The van der Waals surface area contributed by atoms with Gasteiger partial charge >= 0.3 is 17.2 Å². The first kappa shape index (κ1) is 40.8. The lowest BCUT2D eigenvalue weighted by atomic mass is 10.1. The van der Waals surface area contributed by atoms with Crippen LogP contribution in [0.25, 0.3) is 0 Å². The van der Waals surface area contributed by atoms with Crippen molar-refractivity contribution in [1.82, 2.24) is 0 Å². The van der Waals surface area contributed by atoms with Gasteiger partial charge in [0.05, 0.1) is 13.2 Å². The molecular weight excluding hydrogens is 590 g/mol. The van der Waals surface area contributed by atoms with Gasteiger partial charge in [-0.15, -0.1) is 0 Å². The van der Waals surface area contributed by atoms with E-state index >= 15 is 0 Å². The lowest BCUT2D eigenvalue weighted by molar-refractivity contribution is 0.193. The first-order chi connectivity index (χ1) is 21.7. The van der Waals surface area contributed by atoms with Gasteiger partial charge in [-0.25, -0.2) is 0 Å². The van der Waals surface area contributed by atoms with E-state index < -0.39 is 17.2 Å². The van der Waals surface area contributed by atoms with Crippen LogP contribution in [0, 0.1) is 0 Å². The molecule has 0 aromatic heterocycles. The van der Waals surface area contributed by atoms with Crippen molar-refractivity contribution in [1.29, 1.82) is 0 Å². The fourth-order valence-corrected chi connectivity index (χ4v) is 5.95. The normalized spacial score (nSPS) is 11.0. The minimum absolute atomic E-state index is 0.590. The van der Waals surface area contributed by atoms with Crippen molar-refractivity contribution in [2.75, 3.05) is 13.2 Å². The minimum Gasteiger partial charge on any atom is -0.418 e. The molecule has 0 bridgehead atoms. The fourth-order valence-electron chi connectivity index (χ4n) is 4.66. The summed E-state index contributed by atoms with van der Waals surface area (Å²) in [5.41, 5.74) is 0. The Hall–Kier alpha value is -1.26. The summed E-state index contributed by atoms with van der Waals surface area (Å²) in [6.07, 6.45) is 26.4. The van der Waals surface area contributed by atoms with E-state index in [-0.39, 0.29) is 0 Å². The van der Waals surface area contributed by atoms with E-state index in [9.17, 15) is 9.79 Å². The number of para-hydroxylation sites is 2. The second kappa shape index (κ2) is 31.7. The monoisotopic (exact) mass is 652 g/mol. The maximum absolute atomic E-state index is 9.76. The lowest BCUT2D eigenvalue weighted by Gasteiger charge is -2.11. The maximum atomic E-state index is 9.76. The number of hydrogen-bond acceptors (Lipinski definition) is 6. The summed E-state index contributed by atoms with van der Waals surface area (Å²) >= 11 is 0. The predicted octanol–water partition coefficient (Wildman–Crippen LogP) is 12.4. The van der Waals surface area contributed by atoms with Gasteiger partial charge in [0.2, 0.25) is 0 Å². The molecule has 6 nitrogen and oxygen atoms in total. The van der Waals surface area contributed by atoms with Crippen molar-refractivity contribution in [3.63, 3.8) is 0 Å². The number of unbranched alkanes of at least 4 members (excludes halogenated alkanes) is 18. The summed E-state index contributed by atoms with van der Waals surface area (Å²) < 4.78 is 21.2. The van der Waals surface area contributed by atoms with E-state index in [1.165, 1.54) is 116 Å². The summed E-state index contributed by atoms with van der Waals surface area (Å²) in [5, 5.41) is 0. The predicted molar refractivity (Wildman–Crippen MR) is 188 cm³/mol. The molecule has 2 aromatic carbocycles. The Balaban J connectivity index is 0.000000505. The molecule has 0 spiro atoms. The molecule has 0 fully saturated rings. The third-order valence-electron chi connectivity index (χ3n) is 7.25. The maximum Gasteiger partial charge on any atom is 0.460 e. The second-order valence-corrected chi connectivity index (χ2v) is 13.1. The minimum atomic E-state index is -1.93. The number of benzene rings is 2. The molecule has 0 unspecified atom stereocenters. The highest BCUT2D eigenvalue weighted by atomic mass is 31.2. The van der Waals surface area contributed by atoms with E-state index in [1.807, 2.05) is 36.4 Å². The smallest absolute Gasteiger partial charge is 0.418 e. The summed E-state index contributed by atoms with van der Waals surface area (Å²) in [6.45, 7) is 5.81. The molecule has 0 aliphatic rings. The highest BCUT2D eigenvalue weighted by Crippen LogP contribution is 2.36. The molecule has 2 N–H and O–H groups in total. The van der Waals surface area contributed by atoms with E-state index in [2.05, 4.69) is 13.8 Å². The molecule has 0 heterocycles. The van der Waals surface area contributed by atoms with Gasteiger partial charge in [0.1, 0.15) is 11.5 Å². The van der Waals surface area contributed by atoms with E-state index in [0.29, 0.717) is 24.7 Å². The molecule has 252 valence electrons. The van der Waals surface area contributed by atoms with Gasteiger partial charge in [-0.1, -0.05) is 166 Å². The Morgan fingerprint density at radius 3 is 1.02 bits per heavy atom. The molecule has 44 heavy (non-hydrogen) atoms. The van der Waals surface area contributed by atoms with E-state index in [0.717, 1.165) is 12.8 Å². The van der Waals surface area contributed by atoms with Gasteiger partial charge in [-0.3, -0.25) is 0 Å². The zero-order valence-corrected chi connectivity index (χ0v) is 29.5. The molecule has 0 atom stereocenters. The van der Waals surface area contributed by atoms with Crippen molar-refractivity contribution >= 4 is 17.2 Å². The van der Waals surface area contributed by atoms with Gasteiger partial charge in [-0.2, -0.15) is 0 Å². The number of rotatable bonds is 28. The first-order valence-electron chi connectivity index (χ1n) is 17.4. The van der Waals surface area contributed by atoms with Crippen molar-refractivity contribution in [3.05, 3.63) is 60.7 Å². The second-order valence-electron chi connectivity index (χ2n) is 11.3. The molecule has 2 aromatic rings. The molecule has 0 saturated carbocycles. The van der Waals surface area contributed by atoms with Crippen LogP contribution in [-0.2, 0) is 9.05 Å². The van der Waals surface area contributed by atoms with Gasteiger partial charge < -0.3 is 27.9 Å². The van der Waals surface area contributed by atoms with Gasteiger partial charge in [-0.05, 0) is 37.1 Å². The summed E-state index contributed by atoms with van der Waals surface area (Å²) in [4.78, 5) is 19.3.